The van der Waals surface area contributed by atoms with E-state index >= 15 is 0 Å². The average Bonchev–Trinajstić information content (AvgIpc) is 2.42. The number of aryl methyl sites for hydroxylation is 1. The molecule has 2 N–H and O–H groups in total. The number of nitrogens with zero attached hydrogens (tertiary/aromatic N) is 3. The van der Waals surface area contributed by atoms with Gasteiger partial charge in [-0.25, -0.2) is 0 Å². The number of nitrogens with one attached hydrogen (secondary N) is 2. The van der Waals surface area contributed by atoms with E-state index in [0.717, 1.165) is 12.1 Å². The predicted octanol–water partition coefficient (Wildman–Crippen LogP) is 1.86. The monoisotopic (exact) mass is 257 g/mol. The lowest BCUT2D eigenvalue weighted by Crippen LogP contribution is -2.15. The number of aromatic nitrogens is 3. The number of carbonyl (C=O) groups excluding carboxylic acids is 1. The number of carbonyl (C=O) groups is 1. The Kier molecular flexibility index (Phi) is 4.02. The average molecular weight is 257 g/mol. The second kappa shape index (κ2) is 5.90. The van der Waals surface area contributed by atoms with Gasteiger partial charge >= 0.3 is 0 Å². The molecule has 0 aliphatic heterocycles. The third kappa shape index (κ3) is 3.25. The highest BCUT2D eigenvalue weighted by Crippen LogP contribution is 2.12. The molecule has 2 heterocycles. The van der Waals surface area contributed by atoms with Crippen LogP contribution in [-0.4, -0.2) is 27.6 Å². The van der Waals surface area contributed by atoms with Crippen LogP contribution in [0.4, 0.5) is 11.5 Å². The molecule has 0 aromatic carbocycles. The first-order valence-electron chi connectivity index (χ1n) is 6.00. The number of hydrogen-bond acceptors (Lipinski definition) is 5. The molecule has 6 nitrogen and oxygen atoms in total. The Labute approximate surface area is 111 Å². The van der Waals surface area contributed by atoms with E-state index in [9.17, 15) is 4.79 Å². The van der Waals surface area contributed by atoms with Crippen LogP contribution in [0.2, 0.25) is 0 Å². The maximum atomic E-state index is 12.0. The zero-order valence-electron chi connectivity index (χ0n) is 10.8. The van der Waals surface area contributed by atoms with Crippen LogP contribution >= 0.6 is 0 Å². The molecule has 0 aliphatic carbocycles. The molecule has 0 radical (unpaired) electrons. The van der Waals surface area contributed by atoms with Gasteiger partial charge in [-0.3, -0.25) is 9.78 Å². The van der Waals surface area contributed by atoms with Crippen molar-refractivity contribution in [1.82, 2.24) is 15.2 Å². The largest absolute Gasteiger partial charge is 0.369 e. The second-order valence-electron chi connectivity index (χ2n) is 3.98. The van der Waals surface area contributed by atoms with Gasteiger partial charge in [0.1, 0.15) is 5.82 Å². The summed E-state index contributed by atoms with van der Waals surface area (Å²) in [5, 5.41) is 13.6. The summed E-state index contributed by atoms with van der Waals surface area (Å²) < 4.78 is 0. The summed E-state index contributed by atoms with van der Waals surface area (Å²) in [6, 6.07) is 5.18. The molecule has 0 aliphatic rings. The van der Waals surface area contributed by atoms with Crippen molar-refractivity contribution >= 4 is 17.4 Å². The Morgan fingerprint density at radius 2 is 2.11 bits per heavy atom. The normalized spacial score (nSPS) is 10.0. The third-order valence-electron chi connectivity index (χ3n) is 2.54. The van der Waals surface area contributed by atoms with Gasteiger partial charge in [-0.2, -0.15) is 0 Å². The topological polar surface area (TPSA) is 79.8 Å². The number of pyridine rings is 1. The summed E-state index contributed by atoms with van der Waals surface area (Å²) in [5.41, 5.74) is 1.88. The van der Waals surface area contributed by atoms with Crippen molar-refractivity contribution < 1.29 is 4.79 Å². The summed E-state index contributed by atoms with van der Waals surface area (Å²) in [7, 11) is 0. The lowest BCUT2D eigenvalue weighted by molar-refractivity contribution is 0.102. The highest BCUT2D eigenvalue weighted by Gasteiger charge is 2.09. The second-order valence-corrected chi connectivity index (χ2v) is 3.98. The minimum atomic E-state index is -0.299. The van der Waals surface area contributed by atoms with Gasteiger partial charge in [-0.1, -0.05) is 0 Å². The zero-order chi connectivity index (χ0) is 13.7. The van der Waals surface area contributed by atoms with E-state index in [1.807, 2.05) is 19.9 Å². The predicted molar refractivity (Wildman–Crippen MR) is 73.1 cm³/mol. The van der Waals surface area contributed by atoms with Gasteiger partial charge in [0.25, 0.3) is 5.91 Å². The molecular weight excluding hydrogens is 242 g/mol. The Morgan fingerprint density at radius 1 is 1.26 bits per heavy atom. The Bertz CT molecular complexity index is 568. The Hall–Kier alpha value is -2.50. The van der Waals surface area contributed by atoms with Crippen molar-refractivity contribution in [3.8, 4) is 0 Å². The van der Waals surface area contributed by atoms with Gasteiger partial charge in [-0.05, 0) is 37.6 Å². The minimum absolute atomic E-state index is 0.268. The van der Waals surface area contributed by atoms with Crippen molar-refractivity contribution in [1.29, 1.82) is 0 Å². The molecule has 2 aromatic heterocycles. The molecule has 0 saturated heterocycles. The smallest absolute Gasteiger partial charge is 0.276 e. The molecule has 0 spiro atoms. The highest BCUT2D eigenvalue weighted by molar-refractivity contribution is 6.03. The van der Waals surface area contributed by atoms with E-state index in [2.05, 4.69) is 25.8 Å². The SMILES string of the molecule is CCNc1ccc(C(=O)Nc2cnccc2C)nn1. The van der Waals surface area contributed by atoms with Crippen LogP contribution in [0.25, 0.3) is 0 Å². The van der Waals surface area contributed by atoms with Gasteiger partial charge in [-0.15, -0.1) is 10.2 Å². The van der Waals surface area contributed by atoms with Crippen LogP contribution in [0.1, 0.15) is 23.0 Å². The molecule has 6 heteroatoms. The fraction of sp³-hybridized carbons (Fsp3) is 0.231. The first-order valence-corrected chi connectivity index (χ1v) is 6.00. The molecule has 2 aromatic rings. The van der Waals surface area contributed by atoms with Crippen molar-refractivity contribution in [2.24, 2.45) is 0 Å². The van der Waals surface area contributed by atoms with Gasteiger partial charge < -0.3 is 10.6 Å². The molecule has 0 fully saturated rings. The Morgan fingerprint density at radius 3 is 2.74 bits per heavy atom. The summed E-state index contributed by atoms with van der Waals surface area (Å²) in [5.74, 6) is 0.350. The molecule has 0 atom stereocenters. The van der Waals surface area contributed by atoms with Crippen LogP contribution < -0.4 is 10.6 Å². The molecule has 0 saturated carbocycles. The molecule has 0 unspecified atom stereocenters. The van der Waals surface area contributed by atoms with E-state index in [-0.39, 0.29) is 11.6 Å². The van der Waals surface area contributed by atoms with Crippen molar-refractivity contribution in [2.75, 3.05) is 17.2 Å². The fourth-order valence-corrected chi connectivity index (χ4v) is 1.51. The van der Waals surface area contributed by atoms with Gasteiger partial charge in [0.05, 0.1) is 11.9 Å². The first-order chi connectivity index (χ1) is 9.20. The summed E-state index contributed by atoms with van der Waals surface area (Å²) in [4.78, 5) is 15.9. The van der Waals surface area contributed by atoms with Crippen LogP contribution in [0.15, 0.2) is 30.6 Å². The fourth-order valence-electron chi connectivity index (χ4n) is 1.51. The molecule has 98 valence electrons. The van der Waals surface area contributed by atoms with Crippen LogP contribution in [0.3, 0.4) is 0 Å². The lowest BCUT2D eigenvalue weighted by Gasteiger charge is -2.07. The lowest BCUT2D eigenvalue weighted by atomic mass is 10.2. The minimum Gasteiger partial charge on any atom is -0.369 e. The number of anilines is 2. The maximum absolute atomic E-state index is 12.0. The standard InChI is InChI=1S/C13H15N5O/c1-3-15-12-5-4-10(17-18-12)13(19)16-11-8-14-7-6-9(11)2/h4-8H,3H2,1-2H3,(H,15,18)(H,16,19). The van der Waals surface area contributed by atoms with Gasteiger partial charge in [0.15, 0.2) is 5.69 Å². The molecule has 0 bridgehead atoms. The van der Waals surface area contributed by atoms with Crippen LogP contribution in [-0.2, 0) is 0 Å². The number of amides is 1. The zero-order valence-corrected chi connectivity index (χ0v) is 10.8. The summed E-state index contributed by atoms with van der Waals surface area (Å²) in [6.45, 7) is 4.62. The first kappa shape index (κ1) is 12.9. The van der Waals surface area contributed by atoms with Crippen LogP contribution in [0, 0.1) is 6.92 Å². The molecule has 1 amide bonds. The maximum Gasteiger partial charge on any atom is 0.276 e. The Balaban J connectivity index is 2.10. The van der Waals surface area contributed by atoms with Crippen LogP contribution in [0.5, 0.6) is 0 Å². The third-order valence-corrected chi connectivity index (χ3v) is 2.54. The van der Waals surface area contributed by atoms with Crippen molar-refractivity contribution in [2.45, 2.75) is 13.8 Å². The van der Waals surface area contributed by atoms with Crippen molar-refractivity contribution in [3.63, 3.8) is 0 Å². The van der Waals surface area contributed by atoms with E-state index < -0.39 is 0 Å². The van der Waals surface area contributed by atoms with E-state index in [4.69, 9.17) is 0 Å². The quantitative estimate of drug-likeness (QED) is 0.874. The summed E-state index contributed by atoms with van der Waals surface area (Å²) >= 11 is 0. The van der Waals surface area contributed by atoms with E-state index in [0.29, 0.717) is 11.5 Å². The number of rotatable bonds is 4. The molecule has 19 heavy (non-hydrogen) atoms. The van der Waals surface area contributed by atoms with E-state index in [1.54, 1.807) is 24.5 Å². The molecule has 2 rings (SSSR count). The number of hydrogen-bond donors (Lipinski definition) is 2. The summed E-state index contributed by atoms with van der Waals surface area (Å²) in [6.07, 6.45) is 3.28. The van der Waals surface area contributed by atoms with Gasteiger partial charge in [0, 0.05) is 12.7 Å². The van der Waals surface area contributed by atoms with Gasteiger partial charge in [0.2, 0.25) is 0 Å². The van der Waals surface area contributed by atoms with Crippen molar-refractivity contribution in [3.05, 3.63) is 41.9 Å². The highest BCUT2D eigenvalue weighted by atomic mass is 16.1. The molecular formula is C13H15N5O. The van der Waals surface area contributed by atoms with E-state index in [1.165, 1.54) is 0 Å².